The highest BCUT2D eigenvalue weighted by Gasteiger charge is 2.36. The fourth-order valence-electron chi connectivity index (χ4n) is 6.11. The number of benzene rings is 1. The second kappa shape index (κ2) is 14.7. The maximum Gasteiger partial charge on any atom is 0.410 e. The quantitative estimate of drug-likeness (QED) is 0.357. The summed E-state index contributed by atoms with van der Waals surface area (Å²) in [6, 6.07) is 4.11. The number of nitrogens with one attached hydrogen (secondary N) is 3. The Labute approximate surface area is 276 Å². The monoisotopic (exact) mass is 657 g/mol. The third kappa shape index (κ3) is 8.71. The zero-order valence-electron chi connectivity index (χ0n) is 28.2. The van der Waals surface area contributed by atoms with E-state index >= 15 is 0 Å². The average molecular weight is 658 g/mol. The summed E-state index contributed by atoms with van der Waals surface area (Å²) in [6.07, 6.45) is 3.25. The lowest BCUT2D eigenvalue weighted by Gasteiger charge is -2.37. The number of hydrogen-bond acceptors (Lipinski definition) is 9. The molecule has 4 rings (SSSR count). The summed E-state index contributed by atoms with van der Waals surface area (Å²) >= 11 is 6.60. The molecule has 2 aliphatic rings. The first-order valence-electron chi connectivity index (χ1n) is 16.0. The van der Waals surface area contributed by atoms with Crippen LogP contribution in [-0.4, -0.2) is 84.8 Å². The molecule has 2 saturated heterocycles. The molecule has 0 aliphatic carbocycles. The molecule has 1 aromatic heterocycles. The molecular weight excluding hydrogens is 610 g/mol. The smallest absolute Gasteiger partial charge is 0.410 e. The van der Waals surface area contributed by atoms with Gasteiger partial charge in [0.2, 0.25) is 17.8 Å². The Morgan fingerprint density at radius 2 is 1.63 bits per heavy atom. The van der Waals surface area contributed by atoms with Crippen LogP contribution < -0.4 is 25.6 Å². The zero-order valence-corrected chi connectivity index (χ0v) is 29.0. The van der Waals surface area contributed by atoms with Crippen molar-refractivity contribution in [1.82, 2.24) is 25.5 Å². The van der Waals surface area contributed by atoms with Crippen LogP contribution in [0.5, 0.6) is 5.75 Å². The normalized spacial score (nSPS) is 19.1. The number of halogens is 1. The summed E-state index contributed by atoms with van der Waals surface area (Å²) in [5, 5.41) is 9.05. The van der Waals surface area contributed by atoms with Crippen molar-refractivity contribution in [3.8, 4) is 5.75 Å². The molecule has 0 unspecified atom stereocenters. The van der Waals surface area contributed by atoms with Crippen LogP contribution in [0.4, 0.5) is 22.2 Å². The number of aryl methyl sites for hydroxylation is 1. The minimum absolute atomic E-state index is 0.0801. The van der Waals surface area contributed by atoms with Crippen molar-refractivity contribution >= 4 is 47.0 Å². The number of carbonyl (C=O) groups excluding carboxylic acids is 3. The molecule has 252 valence electrons. The van der Waals surface area contributed by atoms with Crippen molar-refractivity contribution in [2.75, 3.05) is 50.5 Å². The van der Waals surface area contributed by atoms with E-state index in [1.807, 2.05) is 45.6 Å². The fourth-order valence-corrected chi connectivity index (χ4v) is 6.32. The van der Waals surface area contributed by atoms with Crippen LogP contribution in [0, 0.1) is 18.8 Å². The van der Waals surface area contributed by atoms with E-state index in [1.54, 1.807) is 19.0 Å². The minimum atomic E-state index is -0.527. The van der Waals surface area contributed by atoms with Gasteiger partial charge in [-0.25, -0.2) is 9.78 Å². The molecule has 12 nitrogen and oxygen atoms in total. The molecule has 0 radical (unpaired) electrons. The Balaban J connectivity index is 1.57. The fraction of sp³-hybridized carbons (Fsp3) is 0.606. The van der Waals surface area contributed by atoms with Gasteiger partial charge in [0, 0.05) is 40.3 Å². The van der Waals surface area contributed by atoms with Crippen LogP contribution in [0.1, 0.15) is 70.9 Å². The number of rotatable bonds is 8. The molecule has 46 heavy (non-hydrogen) atoms. The molecule has 13 heteroatoms. The summed E-state index contributed by atoms with van der Waals surface area (Å²) < 4.78 is 11.8. The molecule has 2 aliphatic heterocycles. The molecule has 3 heterocycles. The first-order valence-corrected chi connectivity index (χ1v) is 16.3. The second-order valence-corrected chi connectivity index (χ2v) is 13.8. The predicted molar refractivity (Wildman–Crippen MR) is 179 cm³/mol. The number of likely N-dealkylation sites (tertiary alicyclic amines) is 1. The van der Waals surface area contributed by atoms with Gasteiger partial charge in [0.05, 0.1) is 29.8 Å². The van der Waals surface area contributed by atoms with E-state index in [1.165, 1.54) is 11.8 Å². The molecule has 3 amide bonds. The third-order valence-corrected chi connectivity index (χ3v) is 8.54. The Hall–Kier alpha value is -3.80. The number of aromatic nitrogens is 2. The van der Waals surface area contributed by atoms with Crippen molar-refractivity contribution in [3.05, 3.63) is 34.5 Å². The molecule has 0 bridgehead atoms. The molecular formula is C33H48ClN7O5. The number of ether oxygens (including phenoxy) is 2. The zero-order chi connectivity index (χ0) is 33.8. The molecule has 2 atom stereocenters. The Morgan fingerprint density at radius 1 is 1.02 bits per heavy atom. The lowest BCUT2D eigenvalue weighted by molar-refractivity contribution is -0.128. The topological polar surface area (TPSA) is 138 Å². The lowest BCUT2D eigenvalue weighted by Crippen LogP contribution is -2.50. The van der Waals surface area contributed by atoms with Gasteiger partial charge in [0.15, 0.2) is 5.82 Å². The summed E-state index contributed by atoms with van der Waals surface area (Å²) in [6.45, 7) is 13.6. The Kier molecular flexibility index (Phi) is 11.2. The average Bonchev–Trinajstić information content (AvgIpc) is 3.01. The van der Waals surface area contributed by atoms with Gasteiger partial charge in [0.1, 0.15) is 16.4 Å². The van der Waals surface area contributed by atoms with Crippen molar-refractivity contribution in [3.63, 3.8) is 0 Å². The molecule has 2 aromatic rings. The minimum Gasteiger partial charge on any atom is -0.489 e. The van der Waals surface area contributed by atoms with Crippen LogP contribution in [0.2, 0.25) is 5.02 Å². The second-order valence-electron chi connectivity index (χ2n) is 13.4. The van der Waals surface area contributed by atoms with Gasteiger partial charge >= 0.3 is 6.09 Å². The number of amides is 3. The van der Waals surface area contributed by atoms with Crippen LogP contribution in [-0.2, 0) is 14.3 Å². The lowest BCUT2D eigenvalue weighted by atomic mass is 9.86. The van der Waals surface area contributed by atoms with Crippen molar-refractivity contribution in [2.24, 2.45) is 11.8 Å². The first-order chi connectivity index (χ1) is 21.7. The number of nitrogens with zero attached hydrogens (tertiary/aromatic N) is 4. The van der Waals surface area contributed by atoms with E-state index in [2.05, 4.69) is 33.9 Å². The highest BCUT2D eigenvalue weighted by Crippen LogP contribution is 2.39. The van der Waals surface area contributed by atoms with E-state index in [-0.39, 0.29) is 29.9 Å². The van der Waals surface area contributed by atoms with Crippen LogP contribution >= 0.6 is 11.6 Å². The molecule has 2 fully saturated rings. The first kappa shape index (κ1) is 35.1. The maximum absolute atomic E-state index is 12.6. The number of carbonyl (C=O) groups is 3. The van der Waals surface area contributed by atoms with Gasteiger partial charge in [-0.1, -0.05) is 11.6 Å². The van der Waals surface area contributed by atoms with Crippen molar-refractivity contribution in [1.29, 1.82) is 0 Å². The maximum atomic E-state index is 12.6. The van der Waals surface area contributed by atoms with Gasteiger partial charge in [-0.05, 0) is 90.0 Å². The van der Waals surface area contributed by atoms with Gasteiger partial charge in [0.25, 0.3) is 0 Å². The predicted octanol–water partition coefficient (Wildman–Crippen LogP) is 5.02. The Morgan fingerprint density at radius 3 is 2.17 bits per heavy atom. The van der Waals surface area contributed by atoms with E-state index in [4.69, 9.17) is 26.1 Å². The van der Waals surface area contributed by atoms with E-state index in [0.29, 0.717) is 60.8 Å². The summed E-state index contributed by atoms with van der Waals surface area (Å²) in [4.78, 5) is 50.7. The van der Waals surface area contributed by atoms with Crippen molar-refractivity contribution in [2.45, 2.75) is 78.4 Å². The Bertz CT molecular complexity index is 1400. The number of hydrogen-bond donors (Lipinski definition) is 3. The summed E-state index contributed by atoms with van der Waals surface area (Å²) in [5.41, 5.74) is 2.44. The van der Waals surface area contributed by atoms with E-state index in [9.17, 15) is 14.4 Å². The van der Waals surface area contributed by atoms with E-state index < -0.39 is 17.4 Å². The number of anilines is 3. The molecule has 1 aromatic carbocycles. The van der Waals surface area contributed by atoms with Gasteiger partial charge in [-0.3, -0.25) is 9.59 Å². The van der Waals surface area contributed by atoms with Crippen LogP contribution in [0.25, 0.3) is 0 Å². The van der Waals surface area contributed by atoms with Gasteiger partial charge in [-0.2, -0.15) is 4.98 Å². The molecule has 0 spiro atoms. The van der Waals surface area contributed by atoms with Crippen LogP contribution in [0.15, 0.2) is 18.3 Å². The molecule has 3 N–H and O–H groups in total. The molecule has 0 saturated carbocycles. The summed E-state index contributed by atoms with van der Waals surface area (Å²) in [7, 11) is 3.18. The van der Waals surface area contributed by atoms with E-state index in [0.717, 1.165) is 18.4 Å². The third-order valence-electron chi connectivity index (χ3n) is 8.27. The largest absolute Gasteiger partial charge is 0.489 e. The highest BCUT2D eigenvalue weighted by molar-refractivity contribution is 6.32. The number of piperidine rings is 2. The van der Waals surface area contributed by atoms with Gasteiger partial charge < -0.3 is 35.2 Å². The van der Waals surface area contributed by atoms with Crippen molar-refractivity contribution < 1.29 is 23.9 Å². The van der Waals surface area contributed by atoms with Gasteiger partial charge in [-0.15, -0.1) is 0 Å². The van der Waals surface area contributed by atoms with Crippen LogP contribution in [0.3, 0.4) is 0 Å². The highest BCUT2D eigenvalue weighted by atomic mass is 35.5. The standard InChI is InChI=1S/C33H48ClN7O5/c1-19(2)45-27-15-24(21-9-11-40(12-10-21)32(44)46-33(4,5)6)20(3)13-26(27)38-31-37-16-25(34)28(39-31)41-17-22(29(42)35-7)14-23(18-41)30(43)36-8/h13,15-16,19,21-23H,9-12,14,17-18H2,1-8H3,(H,35,42)(H,36,43)(H,37,38,39)/t22-,23+. The summed E-state index contributed by atoms with van der Waals surface area (Å²) in [5.74, 6) is 0.611. The SMILES string of the molecule is CNC(=O)[C@@H]1C[C@H](C(=O)NC)CN(c2nc(Nc3cc(C)c(C4CCN(C(=O)OC(C)(C)C)CC4)cc3OC(C)C)ncc2Cl)C1.